The zero-order chi connectivity index (χ0) is 15.6. The molecule has 0 unspecified atom stereocenters. The molecule has 118 valence electrons. The summed E-state index contributed by atoms with van der Waals surface area (Å²) in [7, 11) is 0. The van der Waals surface area contributed by atoms with Crippen molar-refractivity contribution in [2.75, 3.05) is 19.6 Å². The van der Waals surface area contributed by atoms with Gasteiger partial charge in [0.15, 0.2) is 0 Å². The molecule has 2 saturated heterocycles. The van der Waals surface area contributed by atoms with Crippen molar-refractivity contribution in [3.63, 3.8) is 0 Å². The van der Waals surface area contributed by atoms with Gasteiger partial charge in [-0.25, -0.2) is 4.79 Å². The van der Waals surface area contributed by atoms with Crippen LogP contribution in [-0.4, -0.2) is 81.9 Å². The Bertz CT molecular complexity index is 443. The van der Waals surface area contributed by atoms with Crippen molar-refractivity contribution < 1.29 is 29.7 Å². The smallest absolute Gasteiger partial charge is 0.326 e. The fourth-order valence-corrected chi connectivity index (χ4v) is 2.63. The average Bonchev–Trinajstić information content (AvgIpc) is 3.01. The largest absolute Gasteiger partial charge is 0.480 e. The number of carboxylic acid groups (broad SMARTS) is 1. The number of aliphatic hydroxyl groups excluding tert-OH is 2. The lowest BCUT2D eigenvalue weighted by Crippen LogP contribution is -2.48. The number of carbonyl (C=O) groups is 3. The molecular formula is C12H19N3O6. The Morgan fingerprint density at radius 2 is 1.90 bits per heavy atom. The number of amides is 2. The predicted molar refractivity (Wildman–Crippen MR) is 69.2 cm³/mol. The van der Waals surface area contributed by atoms with Gasteiger partial charge in [-0.05, 0) is 6.42 Å². The third-order valence-corrected chi connectivity index (χ3v) is 3.72. The summed E-state index contributed by atoms with van der Waals surface area (Å²) in [6, 6.07) is -1.61. The van der Waals surface area contributed by atoms with Gasteiger partial charge in [-0.1, -0.05) is 0 Å². The number of hydrogen-bond acceptors (Lipinski definition) is 6. The first kappa shape index (κ1) is 15.7. The van der Waals surface area contributed by atoms with Gasteiger partial charge in [0.1, 0.15) is 6.04 Å². The van der Waals surface area contributed by atoms with Crippen LogP contribution in [0.2, 0.25) is 0 Å². The summed E-state index contributed by atoms with van der Waals surface area (Å²) in [5.41, 5.74) is 0. The van der Waals surface area contributed by atoms with Crippen LogP contribution in [0.15, 0.2) is 0 Å². The van der Waals surface area contributed by atoms with Gasteiger partial charge in [-0.2, -0.15) is 0 Å². The van der Waals surface area contributed by atoms with Crippen molar-refractivity contribution in [2.45, 2.75) is 37.1 Å². The maximum absolute atomic E-state index is 12.0. The van der Waals surface area contributed by atoms with Crippen LogP contribution >= 0.6 is 0 Å². The van der Waals surface area contributed by atoms with E-state index in [0.29, 0.717) is 6.54 Å². The van der Waals surface area contributed by atoms with Crippen molar-refractivity contribution in [1.82, 2.24) is 15.5 Å². The molecule has 0 bridgehead atoms. The van der Waals surface area contributed by atoms with Crippen LogP contribution in [0.1, 0.15) is 12.8 Å². The van der Waals surface area contributed by atoms with Gasteiger partial charge in [0.25, 0.3) is 0 Å². The second-order valence-electron chi connectivity index (χ2n) is 5.36. The molecule has 0 aromatic carbocycles. The Kier molecular flexibility index (Phi) is 4.76. The molecule has 21 heavy (non-hydrogen) atoms. The minimum absolute atomic E-state index is 0.00854. The number of aliphatic hydroxyl groups is 2. The van der Waals surface area contributed by atoms with E-state index in [1.165, 1.54) is 0 Å². The quantitative estimate of drug-likeness (QED) is 0.370. The van der Waals surface area contributed by atoms with E-state index in [4.69, 9.17) is 5.11 Å². The SMILES string of the molecule is O=C(NCC(=O)N1C[C@H](O)C[C@H]1C(=O)O)[C@@H]1C[C@@H](O)CN1. The standard InChI is InChI=1S/C12H19N3O6/c16-6-1-8(13-3-6)11(19)14-4-10(18)15-5-7(17)2-9(15)12(20)21/h6-9,13,16-17H,1-5H2,(H,14,19)(H,20,21)/t6-,7-,8+,9+/m1/s1. The molecular weight excluding hydrogens is 282 g/mol. The molecule has 4 atom stereocenters. The number of carbonyl (C=O) groups excluding carboxylic acids is 2. The van der Waals surface area contributed by atoms with Gasteiger partial charge in [-0.15, -0.1) is 0 Å². The molecule has 5 N–H and O–H groups in total. The van der Waals surface area contributed by atoms with Crippen LogP contribution in [0, 0.1) is 0 Å². The molecule has 0 aromatic heterocycles. The van der Waals surface area contributed by atoms with Gasteiger partial charge in [0.05, 0.1) is 24.8 Å². The number of nitrogens with zero attached hydrogens (tertiary/aromatic N) is 1. The zero-order valence-corrected chi connectivity index (χ0v) is 11.4. The normalized spacial score (nSPS) is 32.2. The monoisotopic (exact) mass is 301 g/mol. The summed E-state index contributed by atoms with van der Waals surface area (Å²) < 4.78 is 0. The predicted octanol–water partition coefficient (Wildman–Crippen LogP) is -3.13. The lowest BCUT2D eigenvalue weighted by Gasteiger charge is -2.21. The molecule has 9 heteroatoms. The average molecular weight is 301 g/mol. The fraction of sp³-hybridized carbons (Fsp3) is 0.750. The Balaban J connectivity index is 1.84. The third kappa shape index (κ3) is 3.69. The highest BCUT2D eigenvalue weighted by molar-refractivity contribution is 5.90. The van der Waals surface area contributed by atoms with E-state index in [0.717, 1.165) is 4.90 Å². The van der Waals surface area contributed by atoms with Crippen molar-refractivity contribution >= 4 is 17.8 Å². The van der Waals surface area contributed by atoms with Gasteiger partial charge >= 0.3 is 5.97 Å². The highest BCUT2D eigenvalue weighted by atomic mass is 16.4. The molecule has 0 saturated carbocycles. The van der Waals surface area contributed by atoms with E-state index in [1.54, 1.807) is 0 Å². The van der Waals surface area contributed by atoms with E-state index in [2.05, 4.69) is 10.6 Å². The van der Waals surface area contributed by atoms with Crippen molar-refractivity contribution in [3.05, 3.63) is 0 Å². The molecule has 2 rings (SSSR count). The van der Waals surface area contributed by atoms with Crippen LogP contribution in [0.3, 0.4) is 0 Å². The lowest BCUT2D eigenvalue weighted by molar-refractivity contribution is -0.148. The first-order valence-electron chi connectivity index (χ1n) is 6.78. The molecule has 2 aliphatic heterocycles. The molecule has 0 radical (unpaired) electrons. The van der Waals surface area contributed by atoms with Crippen LogP contribution in [0.25, 0.3) is 0 Å². The number of β-amino-alcohol motifs (C(OH)–C–C–N with tert-alkyl or cyclic N) is 2. The third-order valence-electron chi connectivity index (χ3n) is 3.72. The summed E-state index contributed by atoms with van der Waals surface area (Å²) in [5.74, 6) is -2.14. The van der Waals surface area contributed by atoms with Crippen molar-refractivity contribution in [3.8, 4) is 0 Å². The number of rotatable bonds is 4. The summed E-state index contributed by atoms with van der Waals surface area (Å²) in [4.78, 5) is 35.8. The number of likely N-dealkylation sites (tertiary alicyclic amines) is 1. The summed E-state index contributed by atoms with van der Waals surface area (Å²) >= 11 is 0. The Morgan fingerprint density at radius 1 is 1.19 bits per heavy atom. The van der Waals surface area contributed by atoms with Crippen LogP contribution in [0.4, 0.5) is 0 Å². The highest BCUT2D eigenvalue weighted by Crippen LogP contribution is 2.18. The second-order valence-corrected chi connectivity index (χ2v) is 5.36. The lowest BCUT2D eigenvalue weighted by atomic mass is 10.2. The van der Waals surface area contributed by atoms with E-state index in [9.17, 15) is 24.6 Å². The van der Waals surface area contributed by atoms with Crippen molar-refractivity contribution in [2.24, 2.45) is 0 Å². The van der Waals surface area contributed by atoms with Crippen LogP contribution in [-0.2, 0) is 14.4 Å². The number of carboxylic acids is 1. The Hall–Kier alpha value is -1.71. The van der Waals surface area contributed by atoms with Crippen LogP contribution < -0.4 is 10.6 Å². The molecule has 2 heterocycles. The van der Waals surface area contributed by atoms with Gasteiger partial charge in [0, 0.05) is 19.5 Å². The Labute approximate surface area is 120 Å². The van der Waals surface area contributed by atoms with E-state index in [-0.39, 0.29) is 25.9 Å². The van der Waals surface area contributed by atoms with Gasteiger partial charge < -0.3 is 30.9 Å². The molecule has 2 fully saturated rings. The highest BCUT2D eigenvalue weighted by Gasteiger charge is 2.39. The molecule has 2 amide bonds. The minimum atomic E-state index is -1.17. The molecule has 2 aliphatic rings. The number of nitrogens with one attached hydrogen (secondary N) is 2. The molecule has 0 aromatic rings. The number of aliphatic carboxylic acids is 1. The van der Waals surface area contributed by atoms with Gasteiger partial charge in [-0.3, -0.25) is 9.59 Å². The zero-order valence-electron chi connectivity index (χ0n) is 11.4. The summed E-state index contributed by atoms with van der Waals surface area (Å²) in [6.45, 7) is -0.0545. The second kappa shape index (κ2) is 6.37. The van der Waals surface area contributed by atoms with E-state index < -0.39 is 42.1 Å². The maximum Gasteiger partial charge on any atom is 0.326 e. The Morgan fingerprint density at radius 3 is 2.48 bits per heavy atom. The number of hydrogen-bond donors (Lipinski definition) is 5. The summed E-state index contributed by atoms with van der Waals surface area (Å²) in [5, 5.41) is 33.0. The van der Waals surface area contributed by atoms with E-state index in [1.807, 2.05) is 0 Å². The minimum Gasteiger partial charge on any atom is -0.480 e. The first-order valence-corrected chi connectivity index (χ1v) is 6.78. The van der Waals surface area contributed by atoms with Gasteiger partial charge in [0.2, 0.25) is 11.8 Å². The first-order chi connectivity index (χ1) is 9.88. The van der Waals surface area contributed by atoms with Crippen molar-refractivity contribution in [1.29, 1.82) is 0 Å². The summed E-state index contributed by atoms with van der Waals surface area (Å²) in [6.07, 6.45) is -1.18. The maximum atomic E-state index is 12.0. The molecule has 0 spiro atoms. The molecule has 0 aliphatic carbocycles. The fourth-order valence-electron chi connectivity index (χ4n) is 2.63. The van der Waals surface area contributed by atoms with E-state index >= 15 is 0 Å². The van der Waals surface area contributed by atoms with Crippen LogP contribution in [0.5, 0.6) is 0 Å². The molecule has 9 nitrogen and oxygen atoms in total. The topological polar surface area (TPSA) is 139 Å².